The maximum atomic E-state index is 11.0. The van der Waals surface area contributed by atoms with Gasteiger partial charge in [0.2, 0.25) is 0 Å². The molecular formula is C20H30O5Si. The van der Waals surface area contributed by atoms with Crippen molar-refractivity contribution in [1.82, 2.24) is 0 Å². The molecule has 1 aliphatic rings. The minimum atomic E-state index is -1.25. The number of benzene rings is 1. The first-order valence-electron chi connectivity index (χ1n) is 8.96. The zero-order chi connectivity index (χ0) is 19.5. The van der Waals surface area contributed by atoms with Crippen LogP contribution in [-0.4, -0.2) is 33.2 Å². The van der Waals surface area contributed by atoms with Crippen molar-refractivity contribution in [2.45, 2.75) is 58.9 Å². The predicted octanol–water partition coefficient (Wildman–Crippen LogP) is 3.93. The van der Waals surface area contributed by atoms with Gasteiger partial charge in [-0.05, 0) is 43.0 Å². The average molecular weight is 379 g/mol. The molecule has 2 rings (SSSR count). The number of methoxy groups -OCH3 is 1. The molecule has 144 valence electrons. The van der Waals surface area contributed by atoms with Gasteiger partial charge in [-0.25, -0.2) is 0 Å². The van der Waals surface area contributed by atoms with Gasteiger partial charge in [-0.3, -0.25) is 4.79 Å². The van der Waals surface area contributed by atoms with E-state index >= 15 is 0 Å². The molecular weight excluding hydrogens is 348 g/mol. The number of hydrogen-bond donors (Lipinski definition) is 1. The van der Waals surface area contributed by atoms with Gasteiger partial charge in [0, 0.05) is 13.6 Å². The summed E-state index contributed by atoms with van der Waals surface area (Å²) in [5.74, 6) is 1.38. The summed E-state index contributed by atoms with van der Waals surface area (Å²) in [5, 5.41) is 10.4. The van der Waals surface area contributed by atoms with Gasteiger partial charge in [0.05, 0.1) is 25.9 Å². The van der Waals surface area contributed by atoms with Crippen LogP contribution in [0.15, 0.2) is 11.6 Å². The number of rotatable bonds is 8. The zero-order valence-corrected chi connectivity index (χ0v) is 17.6. The molecule has 1 aliphatic heterocycles. The van der Waals surface area contributed by atoms with Crippen LogP contribution in [0.3, 0.4) is 0 Å². The summed E-state index contributed by atoms with van der Waals surface area (Å²) in [5.41, 5.74) is 4.08. The van der Waals surface area contributed by atoms with Crippen LogP contribution in [0.1, 0.15) is 35.5 Å². The quantitative estimate of drug-likeness (QED) is 0.422. The van der Waals surface area contributed by atoms with Crippen LogP contribution in [0.2, 0.25) is 25.7 Å². The van der Waals surface area contributed by atoms with Gasteiger partial charge in [-0.2, -0.15) is 0 Å². The molecule has 1 unspecified atom stereocenters. The van der Waals surface area contributed by atoms with Crippen LogP contribution < -0.4 is 9.47 Å². The third-order valence-corrected chi connectivity index (χ3v) is 6.36. The normalized spacial score (nSPS) is 17.2. The molecule has 1 aromatic rings. The molecule has 0 bridgehead atoms. The Morgan fingerprint density at radius 1 is 1.35 bits per heavy atom. The predicted molar refractivity (Wildman–Crippen MR) is 105 cm³/mol. The minimum absolute atomic E-state index is 0.340. The Morgan fingerprint density at radius 3 is 2.62 bits per heavy atom. The smallest absolute Gasteiger partial charge is 0.185 e. The molecule has 0 saturated heterocycles. The Bertz CT molecular complexity index is 703. The van der Waals surface area contributed by atoms with E-state index in [1.165, 1.54) is 0 Å². The van der Waals surface area contributed by atoms with Gasteiger partial charge in [-0.1, -0.05) is 25.7 Å². The highest BCUT2D eigenvalue weighted by Crippen LogP contribution is 2.46. The molecule has 1 N–H and O–H groups in total. The van der Waals surface area contributed by atoms with Gasteiger partial charge in [0.25, 0.3) is 0 Å². The SMILES string of the molecule is COc1c(C)c2c(c(OCC[Si](C)(C)C)c1C/C=C(\C)C=O)C(O)OC2. The lowest BCUT2D eigenvalue weighted by atomic mass is 9.94. The van der Waals surface area contributed by atoms with Gasteiger partial charge in [0.1, 0.15) is 17.8 Å². The van der Waals surface area contributed by atoms with Crippen LogP contribution in [0.5, 0.6) is 11.5 Å². The fraction of sp³-hybridized carbons (Fsp3) is 0.550. The number of fused-ring (bicyclic) bond motifs is 1. The van der Waals surface area contributed by atoms with Crippen molar-refractivity contribution in [3.05, 3.63) is 33.9 Å². The van der Waals surface area contributed by atoms with Crippen LogP contribution >= 0.6 is 0 Å². The maximum absolute atomic E-state index is 11.0. The standard InChI is InChI=1S/C20H30O5Si/c1-13(11-21)7-8-15-18(23-3)14(2)16-12-25-20(22)17(16)19(15)24-9-10-26(4,5)6/h7,11,20,22H,8-10,12H2,1-6H3/b13-7+. The fourth-order valence-corrected chi connectivity index (χ4v) is 3.77. The molecule has 1 aromatic carbocycles. The number of aliphatic hydroxyl groups excluding tert-OH is 1. The Morgan fingerprint density at radius 2 is 2.04 bits per heavy atom. The molecule has 0 saturated carbocycles. The van der Waals surface area contributed by atoms with E-state index < -0.39 is 14.4 Å². The lowest BCUT2D eigenvalue weighted by Gasteiger charge is -2.23. The molecule has 0 radical (unpaired) electrons. The molecule has 26 heavy (non-hydrogen) atoms. The number of aldehydes is 1. The first-order valence-corrected chi connectivity index (χ1v) is 12.7. The summed E-state index contributed by atoms with van der Waals surface area (Å²) < 4.78 is 17.3. The van der Waals surface area contributed by atoms with E-state index in [9.17, 15) is 9.90 Å². The second kappa shape index (κ2) is 8.37. The lowest BCUT2D eigenvalue weighted by Crippen LogP contribution is -2.23. The third-order valence-electron chi connectivity index (χ3n) is 4.66. The lowest BCUT2D eigenvalue weighted by molar-refractivity contribution is -0.104. The van der Waals surface area contributed by atoms with Gasteiger partial charge in [-0.15, -0.1) is 0 Å². The van der Waals surface area contributed by atoms with Crippen molar-refractivity contribution in [2.24, 2.45) is 0 Å². The molecule has 0 aromatic heterocycles. The van der Waals surface area contributed by atoms with E-state index in [2.05, 4.69) is 19.6 Å². The average Bonchev–Trinajstić information content (AvgIpc) is 2.96. The van der Waals surface area contributed by atoms with E-state index in [-0.39, 0.29) is 0 Å². The van der Waals surface area contributed by atoms with E-state index in [4.69, 9.17) is 14.2 Å². The molecule has 0 amide bonds. The topological polar surface area (TPSA) is 65.0 Å². The fourth-order valence-electron chi connectivity index (χ4n) is 3.06. The molecule has 0 spiro atoms. The zero-order valence-electron chi connectivity index (χ0n) is 16.6. The second-order valence-electron chi connectivity index (χ2n) is 7.95. The summed E-state index contributed by atoms with van der Waals surface area (Å²) in [4.78, 5) is 11.0. The molecule has 1 atom stereocenters. The molecule has 0 aliphatic carbocycles. The minimum Gasteiger partial charge on any atom is -0.496 e. The van der Waals surface area contributed by atoms with Gasteiger partial charge in [0.15, 0.2) is 6.29 Å². The largest absolute Gasteiger partial charge is 0.496 e. The Kier molecular flexibility index (Phi) is 6.66. The van der Waals surface area contributed by atoms with E-state index in [0.717, 1.165) is 34.8 Å². The van der Waals surface area contributed by atoms with Gasteiger partial charge < -0.3 is 19.3 Å². The Hall–Kier alpha value is -1.63. The molecule has 5 nitrogen and oxygen atoms in total. The van der Waals surface area contributed by atoms with Crippen molar-refractivity contribution in [2.75, 3.05) is 13.7 Å². The molecule has 1 heterocycles. The van der Waals surface area contributed by atoms with Crippen LogP contribution in [0.25, 0.3) is 0 Å². The van der Waals surface area contributed by atoms with Crippen LogP contribution in [0, 0.1) is 6.92 Å². The Labute approximate surface area is 157 Å². The van der Waals surface area contributed by atoms with E-state index in [0.29, 0.717) is 36.5 Å². The first-order chi connectivity index (χ1) is 12.2. The number of allylic oxidation sites excluding steroid dienone is 2. The number of ether oxygens (including phenoxy) is 3. The number of hydrogen-bond acceptors (Lipinski definition) is 5. The molecule has 0 fully saturated rings. The summed E-state index contributed by atoms with van der Waals surface area (Å²) in [6.07, 6.45) is 2.18. The van der Waals surface area contributed by atoms with Crippen LogP contribution in [0.4, 0.5) is 0 Å². The maximum Gasteiger partial charge on any atom is 0.185 e. The summed E-state index contributed by atoms with van der Waals surface area (Å²) in [6, 6.07) is 1.01. The van der Waals surface area contributed by atoms with Crippen molar-refractivity contribution in [3.63, 3.8) is 0 Å². The van der Waals surface area contributed by atoms with E-state index in [1.54, 1.807) is 14.0 Å². The van der Waals surface area contributed by atoms with Crippen LogP contribution in [-0.2, 0) is 22.6 Å². The van der Waals surface area contributed by atoms with Crippen molar-refractivity contribution in [3.8, 4) is 11.5 Å². The highest BCUT2D eigenvalue weighted by Gasteiger charge is 2.32. The number of aliphatic hydroxyl groups is 1. The number of carbonyl (C=O) groups excluding carboxylic acids is 1. The second-order valence-corrected chi connectivity index (χ2v) is 13.6. The summed E-state index contributed by atoms with van der Waals surface area (Å²) in [7, 11) is 0.377. The van der Waals surface area contributed by atoms with Gasteiger partial charge >= 0.3 is 0 Å². The molecule has 6 heteroatoms. The third kappa shape index (κ3) is 4.55. The van der Waals surface area contributed by atoms with E-state index in [1.807, 2.05) is 13.0 Å². The first kappa shape index (κ1) is 20.7. The number of carbonyl (C=O) groups is 1. The van der Waals surface area contributed by atoms with Crippen molar-refractivity contribution >= 4 is 14.4 Å². The summed E-state index contributed by atoms with van der Waals surface area (Å²) in [6.45, 7) is 11.5. The highest BCUT2D eigenvalue weighted by molar-refractivity contribution is 6.76. The highest BCUT2D eigenvalue weighted by atomic mass is 28.3. The Balaban J connectivity index is 2.52. The summed E-state index contributed by atoms with van der Waals surface area (Å²) >= 11 is 0. The monoisotopic (exact) mass is 378 g/mol. The van der Waals surface area contributed by atoms with Crippen molar-refractivity contribution in [1.29, 1.82) is 0 Å². The van der Waals surface area contributed by atoms with Crippen molar-refractivity contribution < 1.29 is 24.1 Å².